The number of benzene rings is 3. The Kier molecular flexibility index (Phi) is 12.3. The Balaban J connectivity index is 0.807. The van der Waals surface area contributed by atoms with E-state index in [9.17, 15) is 19.5 Å². The number of allylic oxidation sites excluding steroid dienone is 1. The Bertz CT molecular complexity index is 2170. The van der Waals surface area contributed by atoms with E-state index >= 15 is 0 Å². The van der Waals surface area contributed by atoms with Crippen LogP contribution in [0.2, 0.25) is 0 Å². The number of hydrogen-bond acceptors (Lipinski definition) is 11. The van der Waals surface area contributed by atoms with Gasteiger partial charge in [-0.05, 0) is 106 Å². The fourth-order valence-electron chi connectivity index (χ4n) is 9.94. The second-order valence-corrected chi connectivity index (χ2v) is 17.4. The molecule has 1 spiro atoms. The van der Waals surface area contributed by atoms with Gasteiger partial charge in [0.15, 0.2) is 0 Å². The number of nitrogens with one attached hydrogen (secondary N) is 3. The molecule has 4 saturated heterocycles. The number of rotatable bonds is 12. The Morgan fingerprint density at radius 1 is 0.918 bits per heavy atom. The Morgan fingerprint density at radius 3 is 2.38 bits per heavy atom. The summed E-state index contributed by atoms with van der Waals surface area (Å²) in [6.07, 6.45) is 9.13. The number of anilines is 2. The molecule has 0 aromatic heterocycles. The lowest BCUT2D eigenvalue weighted by atomic mass is 9.73. The largest absolute Gasteiger partial charge is 0.507 e. The van der Waals surface area contributed by atoms with Crippen molar-refractivity contribution < 1.29 is 24.2 Å². The second-order valence-electron chi connectivity index (χ2n) is 17.4. The van der Waals surface area contributed by atoms with Crippen molar-refractivity contribution in [1.82, 2.24) is 20.0 Å². The van der Waals surface area contributed by atoms with Gasteiger partial charge in [-0.3, -0.25) is 30.0 Å². The van der Waals surface area contributed by atoms with Crippen LogP contribution in [-0.2, 0) is 14.4 Å². The highest BCUT2D eigenvalue weighted by molar-refractivity contribution is 6.12. The molecule has 5 aliphatic rings. The number of ether oxygens (including phenoxy) is 1. The zero-order chi connectivity index (χ0) is 42.7. The molecule has 1 aliphatic carbocycles. The molecular formula is C47H59N9O5. The molecule has 1 atom stereocenters. The molecule has 322 valence electrons. The molecule has 3 aromatic rings. The zero-order valence-corrected chi connectivity index (χ0v) is 35.2. The summed E-state index contributed by atoms with van der Waals surface area (Å²) in [6, 6.07) is 23.1. The van der Waals surface area contributed by atoms with Crippen LogP contribution in [0.25, 0.3) is 0 Å². The van der Waals surface area contributed by atoms with Crippen LogP contribution in [0.4, 0.5) is 11.4 Å². The van der Waals surface area contributed by atoms with Crippen molar-refractivity contribution in [3.05, 3.63) is 95.7 Å². The van der Waals surface area contributed by atoms with E-state index in [1.54, 1.807) is 30.3 Å². The molecule has 8 rings (SSSR count). The third-order valence-electron chi connectivity index (χ3n) is 13.6. The topological polar surface area (TPSA) is 183 Å². The minimum Gasteiger partial charge on any atom is -0.507 e. The fourth-order valence-corrected chi connectivity index (χ4v) is 9.94. The van der Waals surface area contributed by atoms with Crippen LogP contribution in [0.3, 0.4) is 0 Å². The molecule has 3 amide bonds. The van der Waals surface area contributed by atoms with Crippen LogP contribution in [0.5, 0.6) is 11.5 Å². The number of hydrogen-bond donors (Lipinski definition) is 5. The normalized spacial score (nSPS) is 21.5. The van der Waals surface area contributed by atoms with Crippen LogP contribution >= 0.6 is 0 Å². The lowest BCUT2D eigenvalue weighted by molar-refractivity contribution is -0.135. The van der Waals surface area contributed by atoms with Gasteiger partial charge in [0.05, 0.1) is 23.5 Å². The van der Waals surface area contributed by atoms with E-state index in [4.69, 9.17) is 21.3 Å². The number of nitrogens with two attached hydrogens (primary N) is 1. The van der Waals surface area contributed by atoms with Gasteiger partial charge in [0.25, 0.3) is 0 Å². The Hall–Kier alpha value is -5.89. The predicted molar refractivity (Wildman–Crippen MR) is 237 cm³/mol. The summed E-state index contributed by atoms with van der Waals surface area (Å²) in [5.41, 5.74) is 10.3. The molecule has 1 saturated carbocycles. The lowest BCUT2D eigenvalue weighted by Gasteiger charge is -2.57. The average molecular weight is 830 g/mol. The van der Waals surface area contributed by atoms with E-state index in [-0.39, 0.29) is 52.7 Å². The van der Waals surface area contributed by atoms with E-state index in [1.807, 2.05) is 35.0 Å². The van der Waals surface area contributed by atoms with Crippen LogP contribution in [0.15, 0.2) is 84.6 Å². The van der Waals surface area contributed by atoms with Gasteiger partial charge in [-0.15, -0.1) is 0 Å². The number of likely N-dealkylation sites (N-methyl/N-ethyl adjacent to an activating group) is 1. The van der Waals surface area contributed by atoms with E-state index < -0.39 is 0 Å². The van der Waals surface area contributed by atoms with Gasteiger partial charge >= 0.3 is 0 Å². The van der Waals surface area contributed by atoms with Crippen molar-refractivity contribution in [3.63, 3.8) is 0 Å². The smallest absolute Gasteiger partial charge is 0.249 e. The number of nitrogens with zero attached hydrogens (tertiary/aromatic N) is 5. The molecule has 0 radical (unpaired) electrons. The summed E-state index contributed by atoms with van der Waals surface area (Å²) in [7, 11) is 1.92. The number of phenols is 1. The van der Waals surface area contributed by atoms with E-state index in [2.05, 4.69) is 50.3 Å². The molecule has 5 fully saturated rings. The summed E-state index contributed by atoms with van der Waals surface area (Å²) in [5.74, 6) is 0.874. The Labute approximate surface area is 358 Å². The van der Waals surface area contributed by atoms with Gasteiger partial charge in [-0.1, -0.05) is 30.3 Å². The minimum atomic E-state index is -0.359. The van der Waals surface area contributed by atoms with Gasteiger partial charge in [-0.25, -0.2) is 0 Å². The summed E-state index contributed by atoms with van der Waals surface area (Å²) in [6.45, 7) is 5.53. The predicted octanol–water partition coefficient (Wildman–Crippen LogP) is 4.82. The SMILES string of the molecule is CN(c1cccc(C2CCN(CC(=O)N3CCC(Oc4cccc(N5CCN(/C(=C/C(=N)c6ccccc6O)C(=N)N)CC56CCC6)c4)CC3)CC2)c1)[C@H]1CCC(=O)NC1=O. The maximum Gasteiger partial charge on any atom is 0.249 e. The number of aromatic hydroxyl groups is 1. The molecular weight excluding hydrogens is 771 g/mol. The third-order valence-corrected chi connectivity index (χ3v) is 13.6. The summed E-state index contributed by atoms with van der Waals surface area (Å²) in [5, 5.41) is 29.8. The molecule has 14 nitrogen and oxygen atoms in total. The molecule has 0 bridgehead atoms. The van der Waals surface area contributed by atoms with Crippen LogP contribution < -0.4 is 25.6 Å². The standard InChI is InChI=1S/C47H59N9O5/c1-52(40-13-14-43(58)51-46(40)60)34-8-4-7-33(27-34)32-15-21-53(22-16-32)30-44(59)54-23-17-36(18-24-54)61-37-10-5-9-35(28-37)56-26-25-55(31-47(56)19-6-20-47)41(45(49)50)29-39(48)38-11-2-3-12-42(38)57/h2-5,7-12,27-29,32,36,40,48,57H,6,13-26,30-31H2,1H3,(H3,49,50)(H,51,58,60)/b41-29+,48-39?/t40-/m0/s1. The summed E-state index contributed by atoms with van der Waals surface area (Å²) >= 11 is 0. The van der Waals surface area contributed by atoms with Gasteiger partial charge in [0.2, 0.25) is 17.7 Å². The van der Waals surface area contributed by atoms with Crippen LogP contribution in [0.1, 0.15) is 74.8 Å². The Morgan fingerprint density at radius 2 is 1.67 bits per heavy atom. The maximum atomic E-state index is 13.5. The highest BCUT2D eigenvalue weighted by atomic mass is 16.5. The number of amidine groups is 1. The number of carbonyl (C=O) groups excluding carboxylic acids is 3. The van der Waals surface area contributed by atoms with Gasteiger partial charge in [0.1, 0.15) is 29.5 Å². The van der Waals surface area contributed by atoms with Crippen molar-refractivity contribution in [3.8, 4) is 11.5 Å². The fraction of sp³-hybridized carbons (Fsp3) is 0.468. The molecule has 61 heavy (non-hydrogen) atoms. The first-order valence-electron chi connectivity index (χ1n) is 21.9. The highest BCUT2D eigenvalue weighted by Crippen LogP contribution is 2.44. The van der Waals surface area contributed by atoms with E-state index in [0.29, 0.717) is 62.7 Å². The van der Waals surface area contributed by atoms with Crippen LogP contribution in [0, 0.1) is 10.8 Å². The van der Waals surface area contributed by atoms with Crippen molar-refractivity contribution in [2.45, 2.75) is 81.4 Å². The monoisotopic (exact) mass is 829 g/mol. The van der Waals surface area contributed by atoms with E-state index in [1.165, 1.54) is 5.56 Å². The first kappa shape index (κ1) is 41.8. The van der Waals surface area contributed by atoms with E-state index in [0.717, 1.165) is 81.7 Å². The lowest BCUT2D eigenvalue weighted by Crippen LogP contribution is -2.66. The number of para-hydroxylation sites is 1. The molecule has 14 heteroatoms. The van der Waals surface area contributed by atoms with Crippen molar-refractivity contribution in [1.29, 1.82) is 10.8 Å². The number of piperidine rings is 3. The zero-order valence-electron chi connectivity index (χ0n) is 35.2. The molecule has 4 heterocycles. The van der Waals surface area contributed by atoms with Gasteiger partial charge < -0.3 is 40.6 Å². The van der Waals surface area contributed by atoms with Gasteiger partial charge in [-0.2, -0.15) is 0 Å². The number of amides is 3. The maximum absolute atomic E-state index is 13.5. The van der Waals surface area contributed by atoms with Crippen molar-refractivity contribution in [2.24, 2.45) is 5.73 Å². The quantitative estimate of drug-likeness (QED) is 0.0965. The number of imide groups is 1. The number of likely N-dealkylation sites (tertiary alicyclic amines) is 2. The minimum absolute atomic E-state index is 0.0241. The first-order chi connectivity index (χ1) is 29.5. The summed E-state index contributed by atoms with van der Waals surface area (Å²) in [4.78, 5) is 48.5. The van der Waals surface area contributed by atoms with Crippen molar-refractivity contribution >= 4 is 40.6 Å². The third kappa shape index (κ3) is 9.24. The van der Waals surface area contributed by atoms with Gasteiger partial charge in [0, 0.05) is 82.0 Å². The average Bonchev–Trinajstić information content (AvgIpc) is 3.25. The number of phenolic OH excluding ortho intramolecular Hbond substituents is 1. The first-order valence-corrected chi connectivity index (χ1v) is 21.9. The highest BCUT2D eigenvalue weighted by Gasteiger charge is 2.47. The second kappa shape index (κ2) is 18.0. The molecule has 0 unspecified atom stereocenters. The number of carbonyl (C=O) groups is 3. The molecule has 6 N–H and O–H groups in total. The molecule has 4 aliphatic heterocycles. The molecule has 3 aromatic carbocycles. The van der Waals surface area contributed by atoms with Crippen molar-refractivity contribution in [2.75, 3.05) is 69.2 Å². The summed E-state index contributed by atoms with van der Waals surface area (Å²) < 4.78 is 6.57. The van der Waals surface area contributed by atoms with Crippen LogP contribution in [-0.4, -0.2) is 126 Å². The number of piperazine rings is 1.